The van der Waals surface area contributed by atoms with Gasteiger partial charge in [0.15, 0.2) is 5.60 Å². The molecule has 0 spiro atoms. The van der Waals surface area contributed by atoms with Gasteiger partial charge in [-0.1, -0.05) is 74.0 Å². The molecule has 202 valence electrons. The number of hydrogen-bond donors (Lipinski definition) is 3. The molecule has 4 rings (SSSR count). The number of aromatic amines is 1. The summed E-state index contributed by atoms with van der Waals surface area (Å²) in [6, 6.07) is 21.0. The third kappa shape index (κ3) is 6.71. The lowest BCUT2D eigenvalue weighted by molar-refractivity contribution is -0.169. The Balaban J connectivity index is 1.55. The highest BCUT2D eigenvalue weighted by Gasteiger charge is 2.42. The number of halogens is 1. The van der Waals surface area contributed by atoms with Crippen molar-refractivity contribution in [2.24, 2.45) is 5.92 Å². The third-order valence-electron chi connectivity index (χ3n) is 6.15. The zero-order valence-electron chi connectivity index (χ0n) is 22.0. The topological polar surface area (TPSA) is 117 Å². The molecule has 0 saturated carbocycles. The Kier molecular flexibility index (Phi) is 8.79. The van der Waals surface area contributed by atoms with Crippen molar-refractivity contribution >= 4 is 23.5 Å². The molecule has 0 fully saturated rings. The average molecular weight is 547 g/mol. The number of carbonyl (C=O) groups excluding carboxylic acids is 2. The van der Waals surface area contributed by atoms with Gasteiger partial charge in [-0.25, -0.2) is 4.79 Å². The van der Waals surface area contributed by atoms with E-state index >= 15 is 0 Å². The summed E-state index contributed by atoms with van der Waals surface area (Å²) in [5.74, 6) is -1.17. The van der Waals surface area contributed by atoms with Crippen molar-refractivity contribution in [2.75, 3.05) is 6.61 Å². The minimum absolute atomic E-state index is 0.0769. The lowest BCUT2D eigenvalue weighted by atomic mass is 9.86. The van der Waals surface area contributed by atoms with Crippen LogP contribution in [-0.2, 0) is 15.1 Å². The minimum Gasteiger partial charge on any atom is -0.463 e. The lowest BCUT2D eigenvalue weighted by Gasteiger charge is -2.30. The molecule has 0 saturated heterocycles. The van der Waals surface area contributed by atoms with Crippen molar-refractivity contribution in [3.05, 3.63) is 95.3 Å². The van der Waals surface area contributed by atoms with Gasteiger partial charge < -0.3 is 15.2 Å². The molecule has 2 aromatic carbocycles. The number of pyridine rings is 1. The van der Waals surface area contributed by atoms with E-state index in [2.05, 4.69) is 20.5 Å². The molecule has 39 heavy (non-hydrogen) atoms. The van der Waals surface area contributed by atoms with Crippen LogP contribution in [0, 0.1) is 5.92 Å². The number of aromatic nitrogens is 3. The van der Waals surface area contributed by atoms with Crippen molar-refractivity contribution in [3.63, 3.8) is 0 Å². The molecule has 4 aromatic rings. The molecule has 0 bridgehead atoms. The first-order valence-corrected chi connectivity index (χ1v) is 13.1. The second kappa shape index (κ2) is 12.2. The molecular formula is C30H31ClN4O4. The second-order valence-corrected chi connectivity index (χ2v) is 10.3. The molecule has 2 unspecified atom stereocenters. The number of carbonyl (C=O) groups is 2. The van der Waals surface area contributed by atoms with Crippen LogP contribution < -0.4 is 5.32 Å². The summed E-state index contributed by atoms with van der Waals surface area (Å²) < 4.78 is 5.45. The zero-order valence-corrected chi connectivity index (χ0v) is 22.8. The lowest BCUT2D eigenvalue weighted by Crippen LogP contribution is -2.45. The number of rotatable bonds is 10. The van der Waals surface area contributed by atoms with E-state index in [9.17, 15) is 14.7 Å². The normalized spacial score (nSPS) is 13.5. The molecule has 9 heteroatoms. The van der Waals surface area contributed by atoms with E-state index < -0.39 is 23.5 Å². The maximum absolute atomic E-state index is 13.2. The SMILES string of the molecule is CC(C)COC(=O)C(O)(CC(C)NC(=O)c1cc(-c2ccccn2)n[nH]1)c1ccc(-c2ccccc2)c(Cl)c1. The highest BCUT2D eigenvalue weighted by molar-refractivity contribution is 6.33. The molecule has 3 N–H and O–H groups in total. The number of esters is 1. The van der Waals surface area contributed by atoms with E-state index in [0.29, 0.717) is 16.4 Å². The van der Waals surface area contributed by atoms with E-state index in [1.54, 1.807) is 49.5 Å². The van der Waals surface area contributed by atoms with Gasteiger partial charge in [0.1, 0.15) is 11.4 Å². The van der Waals surface area contributed by atoms with Crippen molar-refractivity contribution in [1.82, 2.24) is 20.5 Å². The Morgan fingerprint density at radius 3 is 2.44 bits per heavy atom. The summed E-state index contributed by atoms with van der Waals surface area (Å²) in [6.45, 7) is 5.66. The minimum atomic E-state index is -2.05. The van der Waals surface area contributed by atoms with Gasteiger partial charge in [-0.15, -0.1) is 0 Å². The number of benzene rings is 2. The first-order chi connectivity index (χ1) is 18.7. The second-order valence-electron chi connectivity index (χ2n) is 9.87. The van der Waals surface area contributed by atoms with E-state index in [1.807, 2.05) is 50.2 Å². The van der Waals surface area contributed by atoms with Gasteiger partial charge in [0.05, 0.1) is 12.3 Å². The van der Waals surface area contributed by atoms with Gasteiger partial charge in [-0.3, -0.25) is 14.9 Å². The molecule has 8 nitrogen and oxygen atoms in total. The number of nitrogens with zero attached hydrogens (tertiary/aromatic N) is 2. The van der Waals surface area contributed by atoms with Gasteiger partial charge in [0.2, 0.25) is 0 Å². The summed E-state index contributed by atoms with van der Waals surface area (Å²) in [5.41, 5.74) is 1.28. The van der Waals surface area contributed by atoms with Crippen LogP contribution in [0.2, 0.25) is 5.02 Å². The van der Waals surface area contributed by atoms with Crippen molar-refractivity contribution in [2.45, 2.75) is 38.8 Å². The number of aliphatic hydroxyl groups is 1. The van der Waals surface area contributed by atoms with Crippen LogP contribution in [0.4, 0.5) is 0 Å². The Bertz CT molecular complexity index is 1430. The average Bonchev–Trinajstić information content (AvgIpc) is 3.43. The standard InChI is InChI=1S/C30H31ClN4O4/c1-19(2)18-39-29(37)30(38,22-12-13-23(24(31)15-22)21-9-5-4-6-10-21)17-20(3)33-28(36)27-16-26(34-35-27)25-11-7-8-14-32-25/h4-16,19-20,38H,17-18H2,1-3H3,(H,33,36)(H,34,35). The quantitative estimate of drug-likeness (QED) is 0.230. The molecule has 2 heterocycles. The predicted octanol–water partition coefficient (Wildman–Crippen LogP) is 5.39. The summed E-state index contributed by atoms with van der Waals surface area (Å²) in [4.78, 5) is 30.4. The molecule has 0 aliphatic carbocycles. The highest BCUT2D eigenvalue weighted by Crippen LogP contribution is 2.35. The fourth-order valence-corrected chi connectivity index (χ4v) is 4.47. The fourth-order valence-electron chi connectivity index (χ4n) is 4.18. The molecule has 2 atom stereocenters. The number of amides is 1. The van der Waals surface area contributed by atoms with Crippen LogP contribution >= 0.6 is 11.6 Å². The van der Waals surface area contributed by atoms with Crippen molar-refractivity contribution in [1.29, 1.82) is 0 Å². The molecule has 0 radical (unpaired) electrons. The largest absolute Gasteiger partial charge is 0.463 e. The van der Waals surface area contributed by atoms with Crippen LogP contribution in [0.25, 0.3) is 22.5 Å². The Morgan fingerprint density at radius 1 is 1.03 bits per heavy atom. The number of nitrogens with one attached hydrogen (secondary N) is 2. The monoisotopic (exact) mass is 546 g/mol. The molecule has 2 aromatic heterocycles. The third-order valence-corrected chi connectivity index (χ3v) is 6.46. The first kappa shape index (κ1) is 28.0. The van der Waals surface area contributed by atoms with Gasteiger partial charge >= 0.3 is 5.97 Å². The Hall–Kier alpha value is -4.01. The van der Waals surface area contributed by atoms with E-state index in [-0.39, 0.29) is 30.2 Å². The van der Waals surface area contributed by atoms with Crippen LogP contribution in [0.3, 0.4) is 0 Å². The summed E-state index contributed by atoms with van der Waals surface area (Å²) in [5, 5.41) is 21.8. The molecular weight excluding hydrogens is 516 g/mol. The number of hydrogen-bond acceptors (Lipinski definition) is 6. The maximum Gasteiger partial charge on any atom is 0.342 e. The smallest absolute Gasteiger partial charge is 0.342 e. The van der Waals surface area contributed by atoms with E-state index in [1.165, 1.54) is 0 Å². The Morgan fingerprint density at radius 2 is 1.77 bits per heavy atom. The first-order valence-electron chi connectivity index (χ1n) is 12.7. The number of ether oxygens (including phenoxy) is 1. The highest BCUT2D eigenvalue weighted by atomic mass is 35.5. The van der Waals surface area contributed by atoms with Crippen LogP contribution in [-0.4, -0.2) is 44.8 Å². The van der Waals surface area contributed by atoms with Crippen LogP contribution in [0.15, 0.2) is 79.0 Å². The summed E-state index contributed by atoms with van der Waals surface area (Å²) >= 11 is 6.61. The van der Waals surface area contributed by atoms with Crippen molar-refractivity contribution < 1.29 is 19.4 Å². The maximum atomic E-state index is 13.2. The van der Waals surface area contributed by atoms with Gasteiger partial charge in [-0.2, -0.15) is 5.10 Å². The van der Waals surface area contributed by atoms with Crippen molar-refractivity contribution in [3.8, 4) is 22.5 Å². The van der Waals surface area contributed by atoms with Gasteiger partial charge in [-0.05, 0) is 48.2 Å². The Labute approximate surface area is 232 Å². The van der Waals surface area contributed by atoms with Gasteiger partial charge in [0, 0.05) is 29.2 Å². The fraction of sp³-hybridized carbons (Fsp3) is 0.267. The van der Waals surface area contributed by atoms with Crippen LogP contribution in [0.1, 0.15) is 43.2 Å². The van der Waals surface area contributed by atoms with E-state index in [0.717, 1.165) is 11.1 Å². The number of H-pyrrole nitrogens is 1. The van der Waals surface area contributed by atoms with Gasteiger partial charge in [0.25, 0.3) is 5.91 Å². The zero-order chi connectivity index (χ0) is 28.0. The summed E-state index contributed by atoms with van der Waals surface area (Å²) in [7, 11) is 0. The predicted molar refractivity (Wildman–Crippen MR) is 150 cm³/mol. The van der Waals surface area contributed by atoms with Crippen LogP contribution in [0.5, 0.6) is 0 Å². The molecule has 0 aliphatic heterocycles. The molecule has 0 aliphatic rings. The van der Waals surface area contributed by atoms with E-state index in [4.69, 9.17) is 16.3 Å². The summed E-state index contributed by atoms with van der Waals surface area (Å²) in [6.07, 6.45) is 1.50. The molecule has 1 amide bonds.